The Kier molecular flexibility index (Phi) is 2.17. The van der Waals surface area contributed by atoms with E-state index in [4.69, 9.17) is 4.74 Å². The van der Waals surface area contributed by atoms with E-state index in [9.17, 15) is 0 Å². The first-order valence-electron chi connectivity index (χ1n) is 4.37. The molecule has 1 aromatic rings. The number of hydrogen-bond acceptors (Lipinski definition) is 3. The average molecular weight is 176 g/mol. The fourth-order valence-corrected chi connectivity index (χ4v) is 1.19. The van der Waals surface area contributed by atoms with Crippen LogP contribution in [-0.2, 0) is 4.74 Å². The Morgan fingerprint density at radius 2 is 2.15 bits per heavy atom. The van der Waals surface area contributed by atoms with Crippen LogP contribution in [0.5, 0.6) is 0 Å². The quantitative estimate of drug-likeness (QED) is 0.708. The molecule has 0 aliphatic carbocycles. The minimum absolute atomic E-state index is 0.270. The molecule has 0 fully saturated rings. The first-order chi connectivity index (χ1) is 6.34. The number of rotatable bonds is 1. The van der Waals surface area contributed by atoms with Gasteiger partial charge >= 0.3 is 0 Å². The van der Waals surface area contributed by atoms with Gasteiger partial charge in [0.05, 0.1) is 6.04 Å². The fourth-order valence-electron chi connectivity index (χ4n) is 1.19. The van der Waals surface area contributed by atoms with Crippen LogP contribution in [0.15, 0.2) is 35.3 Å². The lowest BCUT2D eigenvalue weighted by Gasteiger charge is -2.03. The van der Waals surface area contributed by atoms with Gasteiger partial charge in [-0.25, -0.2) is 4.99 Å². The summed E-state index contributed by atoms with van der Waals surface area (Å²) in [5, 5.41) is 3.10. The third-order valence-electron chi connectivity index (χ3n) is 1.82. The second kappa shape index (κ2) is 3.47. The number of para-hydroxylation sites is 1. The molecule has 68 valence electrons. The topological polar surface area (TPSA) is 33.6 Å². The lowest BCUT2D eigenvalue weighted by atomic mass is 10.3. The SMILES string of the molecule is CC1COC(Nc2ccccc2)=N1. The molecule has 2 rings (SSSR count). The number of amidine groups is 1. The van der Waals surface area contributed by atoms with Crippen molar-refractivity contribution >= 4 is 11.7 Å². The van der Waals surface area contributed by atoms with E-state index in [2.05, 4.69) is 10.3 Å². The summed E-state index contributed by atoms with van der Waals surface area (Å²) in [6.45, 7) is 2.70. The van der Waals surface area contributed by atoms with Crippen LogP contribution in [-0.4, -0.2) is 18.7 Å². The largest absolute Gasteiger partial charge is 0.463 e. The van der Waals surface area contributed by atoms with Crippen molar-refractivity contribution in [1.82, 2.24) is 0 Å². The zero-order valence-corrected chi connectivity index (χ0v) is 7.53. The maximum Gasteiger partial charge on any atom is 0.289 e. The summed E-state index contributed by atoms with van der Waals surface area (Å²) in [6, 6.07) is 10.8. The van der Waals surface area contributed by atoms with Gasteiger partial charge < -0.3 is 10.1 Å². The Labute approximate surface area is 77.4 Å². The van der Waals surface area contributed by atoms with Crippen LogP contribution in [0.1, 0.15) is 6.92 Å². The average Bonchev–Trinajstić information content (AvgIpc) is 2.53. The molecule has 0 radical (unpaired) electrons. The van der Waals surface area contributed by atoms with Crippen LogP contribution in [0.3, 0.4) is 0 Å². The van der Waals surface area contributed by atoms with E-state index in [0.29, 0.717) is 12.6 Å². The summed E-state index contributed by atoms with van der Waals surface area (Å²) in [5.41, 5.74) is 1.01. The molecule has 0 aromatic heterocycles. The first-order valence-corrected chi connectivity index (χ1v) is 4.37. The number of ether oxygens (including phenoxy) is 1. The summed E-state index contributed by atoms with van der Waals surface area (Å²) in [7, 11) is 0. The zero-order valence-electron chi connectivity index (χ0n) is 7.53. The summed E-state index contributed by atoms with van der Waals surface area (Å²) >= 11 is 0. The van der Waals surface area contributed by atoms with Gasteiger partial charge in [0.25, 0.3) is 6.02 Å². The summed E-state index contributed by atoms with van der Waals surface area (Å²) in [6.07, 6.45) is 0. The second-order valence-electron chi connectivity index (χ2n) is 3.09. The van der Waals surface area contributed by atoms with Crippen molar-refractivity contribution in [2.75, 3.05) is 11.9 Å². The highest BCUT2D eigenvalue weighted by Gasteiger charge is 2.13. The molecule has 3 nitrogen and oxygen atoms in total. The van der Waals surface area contributed by atoms with Gasteiger partial charge in [0.1, 0.15) is 6.61 Å². The van der Waals surface area contributed by atoms with Gasteiger partial charge in [-0.05, 0) is 19.1 Å². The van der Waals surface area contributed by atoms with E-state index in [-0.39, 0.29) is 6.04 Å². The lowest BCUT2D eigenvalue weighted by molar-refractivity contribution is 0.322. The standard InChI is InChI=1S/C10H12N2O/c1-8-7-13-10(11-8)12-9-5-3-2-4-6-9/h2-6,8H,7H2,1H3,(H,11,12). The number of anilines is 1. The van der Waals surface area contributed by atoms with Gasteiger partial charge in [0, 0.05) is 5.69 Å². The monoisotopic (exact) mass is 176 g/mol. The zero-order chi connectivity index (χ0) is 9.10. The summed E-state index contributed by atoms with van der Waals surface area (Å²) in [4.78, 5) is 4.27. The van der Waals surface area contributed by atoms with Crippen molar-refractivity contribution in [2.45, 2.75) is 13.0 Å². The smallest absolute Gasteiger partial charge is 0.289 e. The van der Waals surface area contributed by atoms with Crippen molar-refractivity contribution < 1.29 is 4.74 Å². The highest BCUT2D eigenvalue weighted by molar-refractivity contribution is 5.89. The third-order valence-corrected chi connectivity index (χ3v) is 1.82. The van der Waals surface area contributed by atoms with Gasteiger partial charge in [-0.1, -0.05) is 18.2 Å². The van der Waals surface area contributed by atoms with Crippen LogP contribution in [0.25, 0.3) is 0 Å². The third kappa shape index (κ3) is 1.99. The van der Waals surface area contributed by atoms with Crippen LogP contribution < -0.4 is 5.32 Å². The van der Waals surface area contributed by atoms with E-state index >= 15 is 0 Å². The Bertz CT molecular complexity index is 308. The van der Waals surface area contributed by atoms with E-state index in [1.54, 1.807) is 0 Å². The molecule has 3 heteroatoms. The predicted molar refractivity (Wildman–Crippen MR) is 52.9 cm³/mol. The number of hydrogen-bond donors (Lipinski definition) is 1. The van der Waals surface area contributed by atoms with E-state index in [1.807, 2.05) is 37.3 Å². The van der Waals surface area contributed by atoms with Crippen LogP contribution >= 0.6 is 0 Å². The maximum atomic E-state index is 5.31. The summed E-state index contributed by atoms with van der Waals surface area (Å²) in [5.74, 6) is 0. The molecule has 1 aliphatic rings. The van der Waals surface area contributed by atoms with Crippen molar-refractivity contribution in [2.24, 2.45) is 4.99 Å². The second-order valence-corrected chi connectivity index (χ2v) is 3.09. The minimum atomic E-state index is 0.270. The molecule has 1 heterocycles. The normalized spacial score (nSPS) is 20.7. The van der Waals surface area contributed by atoms with E-state index < -0.39 is 0 Å². The number of nitrogens with one attached hydrogen (secondary N) is 1. The van der Waals surface area contributed by atoms with E-state index in [1.165, 1.54) is 0 Å². The van der Waals surface area contributed by atoms with E-state index in [0.717, 1.165) is 5.69 Å². The molecule has 0 saturated carbocycles. The molecule has 13 heavy (non-hydrogen) atoms. The van der Waals surface area contributed by atoms with Crippen LogP contribution in [0, 0.1) is 0 Å². The minimum Gasteiger partial charge on any atom is -0.463 e. The highest BCUT2D eigenvalue weighted by atomic mass is 16.5. The predicted octanol–water partition coefficient (Wildman–Crippen LogP) is 1.87. The van der Waals surface area contributed by atoms with Crippen LogP contribution in [0.2, 0.25) is 0 Å². The Morgan fingerprint density at radius 3 is 2.77 bits per heavy atom. The maximum absolute atomic E-state index is 5.31. The van der Waals surface area contributed by atoms with Crippen molar-refractivity contribution in [3.05, 3.63) is 30.3 Å². The number of aliphatic imine (C=N–C) groups is 1. The molecule has 0 amide bonds. The Balaban J connectivity index is 2.03. The van der Waals surface area contributed by atoms with Gasteiger partial charge in [-0.2, -0.15) is 0 Å². The van der Waals surface area contributed by atoms with Crippen LogP contribution in [0.4, 0.5) is 5.69 Å². The molecule has 1 atom stereocenters. The van der Waals surface area contributed by atoms with Gasteiger partial charge in [-0.3, -0.25) is 0 Å². The molecule has 0 bridgehead atoms. The van der Waals surface area contributed by atoms with Gasteiger partial charge in [0.2, 0.25) is 0 Å². The van der Waals surface area contributed by atoms with Gasteiger partial charge in [-0.15, -0.1) is 0 Å². The molecule has 0 saturated heterocycles. The summed E-state index contributed by atoms with van der Waals surface area (Å²) < 4.78 is 5.31. The highest BCUT2D eigenvalue weighted by Crippen LogP contribution is 2.09. The molecule has 0 spiro atoms. The van der Waals surface area contributed by atoms with Crippen molar-refractivity contribution in [3.8, 4) is 0 Å². The Hall–Kier alpha value is -1.51. The molecular weight excluding hydrogens is 164 g/mol. The first kappa shape index (κ1) is 8.10. The molecule has 1 unspecified atom stereocenters. The molecule has 1 N–H and O–H groups in total. The molecule has 1 aromatic carbocycles. The van der Waals surface area contributed by atoms with Crippen molar-refractivity contribution in [1.29, 1.82) is 0 Å². The number of nitrogens with zero attached hydrogens (tertiary/aromatic N) is 1. The fraction of sp³-hybridized carbons (Fsp3) is 0.300. The number of benzene rings is 1. The van der Waals surface area contributed by atoms with Gasteiger partial charge in [0.15, 0.2) is 0 Å². The Morgan fingerprint density at radius 1 is 1.38 bits per heavy atom. The molecule has 1 aliphatic heterocycles. The van der Waals surface area contributed by atoms with Crippen molar-refractivity contribution in [3.63, 3.8) is 0 Å². The lowest BCUT2D eigenvalue weighted by Crippen LogP contribution is -2.11. The molecular formula is C10H12N2O.